The zero-order valence-corrected chi connectivity index (χ0v) is 11.3. The van der Waals surface area contributed by atoms with Crippen LogP contribution in [-0.2, 0) is 0 Å². The molecule has 0 saturated heterocycles. The van der Waals surface area contributed by atoms with Crippen LogP contribution in [0.2, 0.25) is 0 Å². The molecule has 3 aromatic rings. The Balaban J connectivity index is 1.94. The van der Waals surface area contributed by atoms with E-state index in [9.17, 15) is 0 Å². The number of para-hydroxylation sites is 1. The smallest absolute Gasteiger partial charge is 0.127 e. The Labute approximate surface area is 118 Å². The van der Waals surface area contributed by atoms with Gasteiger partial charge < -0.3 is 4.74 Å². The van der Waals surface area contributed by atoms with E-state index in [4.69, 9.17) is 4.74 Å². The molecule has 0 aliphatic carbocycles. The van der Waals surface area contributed by atoms with Crippen molar-refractivity contribution in [3.8, 4) is 5.75 Å². The van der Waals surface area contributed by atoms with Crippen molar-refractivity contribution in [2.24, 2.45) is 4.99 Å². The lowest BCUT2D eigenvalue weighted by Gasteiger charge is -2.03. The molecule has 2 nitrogen and oxygen atoms in total. The summed E-state index contributed by atoms with van der Waals surface area (Å²) in [5.41, 5.74) is 1.91. The van der Waals surface area contributed by atoms with Gasteiger partial charge in [-0.1, -0.05) is 42.5 Å². The summed E-state index contributed by atoms with van der Waals surface area (Å²) in [6.07, 6.45) is 1.84. The predicted molar refractivity (Wildman–Crippen MR) is 84.2 cm³/mol. The molecule has 3 rings (SSSR count). The molecule has 0 N–H and O–H groups in total. The first-order valence-electron chi connectivity index (χ1n) is 6.53. The summed E-state index contributed by atoms with van der Waals surface area (Å²) in [4.78, 5) is 4.53. The molecule has 0 atom stereocenters. The fraction of sp³-hybridized carbons (Fsp3) is 0.0556. The van der Waals surface area contributed by atoms with E-state index in [0.29, 0.717) is 0 Å². The van der Waals surface area contributed by atoms with Crippen LogP contribution in [0.15, 0.2) is 71.7 Å². The van der Waals surface area contributed by atoms with E-state index in [-0.39, 0.29) is 0 Å². The third-order valence-corrected chi connectivity index (χ3v) is 3.22. The number of methoxy groups -OCH3 is 1. The minimum Gasteiger partial charge on any atom is -0.496 e. The highest BCUT2D eigenvalue weighted by atomic mass is 16.5. The van der Waals surface area contributed by atoms with Crippen LogP contribution in [-0.4, -0.2) is 13.3 Å². The third kappa shape index (κ3) is 2.54. The van der Waals surface area contributed by atoms with Gasteiger partial charge in [0.2, 0.25) is 0 Å². The maximum absolute atomic E-state index is 5.31. The second-order valence-electron chi connectivity index (χ2n) is 4.53. The molecule has 0 amide bonds. The van der Waals surface area contributed by atoms with Gasteiger partial charge in [-0.15, -0.1) is 0 Å². The van der Waals surface area contributed by atoms with E-state index in [0.717, 1.165) is 17.0 Å². The van der Waals surface area contributed by atoms with Crippen LogP contribution in [0, 0.1) is 0 Å². The first-order chi connectivity index (χ1) is 9.86. The molecular formula is C18H15NO. The molecule has 98 valence electrons. The standard InChI is InChI=1S/C18H15NO/c1-20-18-9-5-4-8-16(18)13-19-17-11-10-14-6-2-3-7-15(14)12-17/h2-13H,1H3. The molecule has 0 aliphatic heterocycles. The van der Waals surface area contributed by atoms with Gasteiger partial charge in [-0.25, -0.2) is 0 Å². The molecule has 0 fully saturated rings. The van der Waals surface area contributed by atoms with Gasteiger partial charge in [-0.05, 0) is 35.0 Å². The second kappa shape index (κ2) is 5.57. The summed E-state index contributed by atoms with van der Waals surface area (Å²) in [6, 6.07) is 22.3. The zero-order valence-electron chi connectivity index (χ0n) is 11.3. The molecule has 0 heterocycles. The highest BCUT2D eigenvalue weighted by Crippen LogP contribution is 2.22. The van der Waals surface area contributed by atoms with Gasteiger partial charge >= 0.3 is 0 Å². The van der Waals surface area contributed by atoms with Gasteiger partial charge in [-0.2, -0.15) is 0 Å². The monoisotopic (exact) mass is 261 g/mol. The SMILES string of the molecule is COc1ccccc1C=Nc1ccc2ccccc2c1. The van der Waals surface area contributed by atoms with Crippen molar-refractivity contribution in [2.75, 3.05) is 7.11 Å². The topological polar surface area (TPSA) is 21.6 Å². The van der Waals surface area contributed by atoms with Crippen molar-refractivity contribution < 1.29 is 4.74 Å². The fourth-order valence-electron chi connectivity index (χ4n) is 2.17. The fourth-order valence-corrected chi connectivity index (χ4v) is 2.17. The van der Waals surface area contributed by atoms with Crippen LogP contribution in [0.5, 0.6) is 5.75 Å². The molecule has 2 heteroatoms. The molecular weight excluding hydrogens is 246 g/mol. The average Bonchev–Trinajstić information content (AvgIpc) is 2.53. The van der Waals surface area contributed by atoms with Crippen LogP contribution < -0.4 is 4.74 Å². The van der Waals surface area contributed by atoms with E-state index in [1.807, 2.05) is 48.7 Å². The van der Waals surface area contributed by atoms with Crippen molar-refractivity contribution in [3.05, 3.63) is 72.3 Å². The highest BCUT2D eigenvalue weighted by molar-refractivity contribution is 5.88. The quantitative estimate of drug-likeness (QED) is 0.631. The molecule has 0 radical (unpaired) electrons. The van der Waals surface area contributed by atoms with Gasteiger partial charge in [0.1, 0.15) is 5.75 Å². The summed E-state index contributed by atoms with van der Waals surface area (Å²) >= 11 is 0. The van der Waals surface area contributed by atoms with E-state index in [2.05, 4.69) is 29.3 Å². The minimum atomic E-state index is 0.831. The normalized spacial score (nSPS) is 11.1. The first kappa shape index (κ1) is 12.4. The lowest BCUT2D eigenvalue weighted by molar-refractivity contribution is 0.414. The Morgan fingerprint density at radius 1 is 0.850 bits per heavy atom. The van der Waals surface area contributed by atoms with Crippen molar-refractivity contribution in [3.63, 3.8) is 0 Å². The summed E-state index contributed by atoms with van der Waals surface area (Å²) in [7, 11) is 1.67. The van der Waals surface area contributed by atoms with E-state index in [1.165, 1.54) is 10.8 Å². The lowest BCUT2D eigenvalue weighted by Crippen LogP contribution is -1.89. The Bertz CT molecular complexity index is 762. The number of aliphatic imine (C=N–C) groups is 1. The number of hydrogen-bond acceptors (Lipinski definition) is 2. The van der Waals surface area contributed by atoms with Gasteiger partial charge in [0.25, 0.3) is 0 Å². The minimum absolute atomic E-state index is 0.831. The lowest BCUT2D eigenvalue weighted by atomic mass is 10.1. The summed E-state index contributed by atoms with van der Waals surface area (Å²) < 4.78 is 5.31. The van der Waals surface area contributed by atoms with E-state index >= 15 is 0 Å². The highest BCUT2D eigenvalue weighted by Gasteiger charge is 1.98. The first-order valence-corrected chi connectivity index (χ1v) is 6.53. The molecule has 0 bridgehead atoms. The molecule has 20 heavy (non-hydrogen) atoms. The molecule has 3 aromatic carbocycles. The summed E-state index contributed by atoms with van der Waals surface area (Å²) in [5.74, 6) is 0.831. The van der Waals surface area contributed by atoms with Gasteiger partial charge in [0, 0.05) is 11.8 Å². The molecule has 0 aromatic heterocycles. The Morgan fingerprint density at radius 2 is 1.60 bits per heavy atom. The van der Waals surface area contributed by atoms with Gasteiger partial charge in [-0.3, -0.25) is 4.99 Å². The Kier molecular flexibility index (Phi) is 3.46. The van der Waals surface area contributed by atoms with Crippen LogP contribution >= 0.6 is 0 Å². The summed E-state index contributed by atoms with van der Waals surface area (Å²) in [6.45, 7) is 0. The Morgan fingerprint density at radius 3 is 2.45 bits per heavy atom. The molecule has 0 aliphatic rings. The van der Waals surface area contributed by atoms with Crippen LogP contribution in [0.4, 0.5) is 5.69 Å². The van der Waals surface area contributed by atoms with Crippen molar-refractivity contribution in [1.29, 1.82) is 0 Å². The maximum Gasteiger partial charge on any atom is 0.127 e. The summed E-state index contributed by atoms with van der Waals surface area (Å²) in [5, 5.41) is 2.42. The van der Waals surface area contributed by atoms with Crippen LogP contribution in [0.1, 0.15) is 5.56 Å². The van der Waals surface area contributed by atoms with Gasteiger partial charge in [0.15, 0.2) is 0 Å². The van der Waals surface area contributed by atoms with Crippen molar-refractivity contribution in [2.45, 2.75) is 0 Å². The Hall–Kier alpha value is -2.61. The maximum atomic E-state index is 5.31. The number of hydrogen-bond donors (Lipinski definition) is 0. The number of nitrogens with zero attached hydrogens (tertiary/aromatic N) is 1. The predicted octanol–water partition coefficient (Wildman–Crippen LogP) is 4.60. The number of benzene rings is 3. The number of ether oxygens (including phenoxy) is 1. The van der Waals surface area contributed by atoms with Crippen molar-refractivity contribution in [1.82, 2.24) is 0 Å². The second-order valence-corrected chi connectivity index (χ2v) is 4.53. The molecule has 0 saturated carbocycles. The van der Waals surface area contributed by atoms with E-state index < -0.39 is 0 Å². The third-order valence-electron chi connectivity index (χ3n) is 3.22. The van der Waals surface area contributed by atoms with Crippen molar-refractivity contribution >= 4 is 22.7 Å². The average molecular weight is 261 g/mol. The largest absolute Gasteiger partial charge is 0.496 e. The van der Waals surface area contributed by atoms with Crippen LogP contribution in [0.25, 0.3) is 10.8 Å². The number of fused-ring (bicyclic) bond motifs is 1. The van der Waals surface area contributed by atoms with Crippen LogP contribution in [0.3, 0.4) is 0 Å². The van der Waals surface area contributed by atoms with Gasteiger partial charge in [0.05, 0.1) is 12.8 Å². The number of rotatable bonds is 3. The molecule has 0 spiro atoms. The zero-order chi connectivity index (χ0) is 13.8. The molecule has 0 unspecified atom stereocenters. The van der Waals surface area contributed by atoms with E-state index in [1.54, 1.807) is 7.11 Å².